The number of nitrogens with two attached hydrogens (primary N) is 1. The van der Waals surface area contributed by atoms with Gasteiger partial charge < -0.3 is 10.3 Å². The van der Waals surface area contributed by atoms with Crippen LogP contribution >= 0.6 is 0 Å². The van der Waals surface area contributed by atoms with E-state index in [9.17, 15) is 0 Å². The number of fused-ring (bicyclic) bond motifs is 1. The highest BCUT2D eigenvalue weighted by molar-refractivity contribution is 5.12. The standard InChI is InChI=1S/C16H28N4/c1-10-7-8-20-14(9-10)18-19-15(20)12-5-6-13(17)11(2)16(12,3)4/h10-13H,5-9,17H2,1-4H3. The first kappa shape index (κ1) is 14.1. The molecule has 2 N–H and O–H groups in total. The summed E-state index contributed by atoms with van der Waals surface area (Å²) in [6.07, 6.45) is 4.58. The van der Waals surface area contributed by atoms with Crippen LogP contribution in [0.2, 0.25) is 0 Å². The van der Waals surface area contributed by atoms with Crippen LogP contribution < -0.4 is 5.73 Å². The smallest absolute Gasteiger partial charge is 0.136 e. The minimum absolute atomic E-state index is 0.199. The number of hydrogen-bond acceptors (Lipinski definition) is 3. The van der Waals surface area contributed by atoms with Gasteiger partial charge in [0.15, 0.2) is 0 Å². The Hall–Kier alpha value is -0.900. The van der Waals surface area contributed by atoms with Crippen LogP contribution in [0.4, 0.5) is 0 Å². The Kier molecular flexibility index (Phi) is 3.39. The summed E-state index contributed by atoms with van der Waals surface area (Å²) < 4.78 is 2.40. The Morgan fingerprint density at radius 3 is 2.65 bits per heavy atom. The van der Waals surface area contributed by atoms with Crippen LogP contribution in [0, 0.1) is 17.3 Å². The lowest BCUT2D eigenvalue weighted by atomic mass is 9.61. The zero-order valence-electron chi connectivity index (χ0n) is 13.3. The van der Waals surface area contributed by atoms with Crippen LogP contribution in [-0.4, -0.2) is 20.8 Å². The fourth-order valence-corrected chi connectivity index (χ4v) is 4.08. The Labute approximate surface area is 122 Å². The second kappa shape index (κ2) is 4.83. The maximum absolute atomic E-state index is 6.28. The maximum atomic E-state index is 6.28. The summed E-state index contributed by atoms with van der Waals surface area (Å²) in [5.74, 6) is 4.17. The summed E-state index contributed by atoms with van der Waals surface area (Å²) in [6.45, 7) is 10.4. The lowest BCUT2D eigenvalue weighted by Crippen LogP contribution is -2.46. The van der Waals surface area contributed by atoms with Gasteiger partial charge in [0.25, 0.3) is 0 Å². The molecule has 20 heavy (non-hydrogen) atoms. The molecule has 112 valence electrons. The van der Waals surface area contributed by atoms with Crippen molar-refractivity contribution in [2.75, 3.05) is 0 Å². The van der Waals surface area contributed by atoms with E-state index in [4.69, 9.17) is 5.73 Å². The molecule has 1 fully saturated rings. The normalized spacial score (nSPS) is 36.6. The molecule has 0 radical (unpaired) electrons. The average Bonchev–Trinajstić information content (AvgIpc) is 2.79. The highest BCUT2D eigenvalue weighted by Crippen LogP contribution is 2.49. The number of hydrogen-bond donors (Lipinski definition) is 1. The van der Waals surface area contributed by atoms with Gasteiger partial charge in [0.1, 0.15) is 11.6 Å². The second-order valence-electron chi connectivity index (χ2n) is 7.63. The lowest BCUT2D eigenvalue weighted by Gasteiger charge is -2.46. The molecule has 1 aliphatic heterocycles. The van der Waals surface area contributed by atoms with Crippen LogP contribution in [0.25, 0.3) is 0 Å². The van der Waals surface area contributed by atoms with Crippen molar-refractivity contribution in [2.45, 2.75) is 71.9 Å². The Bertz CT molecular complexity index is 491. The van der Waals surface area contributed by atoms with E-state index in [0.717, 1.165) is 31.7 Å². The largest absolute Gasteiger partial charge is 0.327 e. The predicted molar refractivity (Wildman–Crippen MR) is 80.4 cm³/mol. The van der Waals surface area contributed by atoms with Crippen molar-refractivity contribution in [2.24, 2.45) is 23.0 Å². The van der Waals surface area contributed by atoms with Crippen LogP contribution in [0.3, 0.4) is 0 Å². The molecule has 1 saturated carbocycles. The van der Waals surface area contributed by atoms with Crippen LogP contribution in [0.1, 0.15) is 64.5 Å². The summed E-state index contributed by atoms with van der Waals surface area (Å²) in [7, 11) is 0. The molecule has 4 heteroatoms. The first-order chi connectivity index (χ1) is 9.41. The third-order valence-corrected chi connectivity index (χ3v) is 6.05. The molecule has 0 aromatic carbocycles. The van der Waals surface area contributed by atoms with Crippen molar-refractivity contribution < 1.29 is 0 Å². The number of aromatic nitrogens is 3. The molecule has 1 aromatic heterocycles. The summed E-state index contributed by atoms with van der Waals surface area (Å²) >= 11 is 0. The molecular formula is C16H28N4. The highest BCUT2D eigenvalue weighted by atomic mass is 15.3. The van der Waals surface area contributed by atoms with Gasteiger partial charge in [-0.3, -0.25) is 0 Å². The zero-order chi connectivity index (χ0) is 14.5. The van der Waals surface area contributed by atoms with E-state index in [1.54, 1.807) is 0 Å². The first-order valence-corrected chi connectivity index (χ1v) is 8.08. The van der Waals surface area contributed by atoms with E-state index in [2.05, 4.69) is 42.5 Å². The molecule has 0 saturated heterocycles. The summed E-state index contributed by atoms with van der Waals surface area (Å²) in [5.41, 5.74) is 6.48. The molecule has 2 heterocycles. The SMILES string of the molecule is CC1CCn2c(nnc2C2CCC(N)C(C)C2(C)C)C1. The van der Waals surface area contributed by atoms with Gasteiger partial charge >= 0.3 is 0 Å². The topological polar surface area (TPSA) is 56.7 Å². The molecule has 4 nitrogen and oxygen atoms in total. The van der Waals surface area contributed by atoms with Crippen molar-refractivity contribution in [1.82, 2.24) is 14.8 Å². The van der Waals surface area contributed by atoms with E-state index in [1.165, 1.54) is 18.1 Å². The van der Waals surface area contributed by atoms with Crippen molar-refractivity contribution >= 4 is 0 Å². The van der Waals surface area contributed by atoms with Gasteiger partial charge in [-0.05, 0) is 36.5 Å². The summed E-state index contributed by atoms with van der Waals surface area (Å²) in [4.78, 5) is 0. The van der Waals surface area contributed by atoms with Crippen molar-refractivity contribution in [3.8, 4) is 0 Å². The molecule has 4 atom stereocenters. The van der Waals surface area contributed by atoms with Gasteiger partial charge in [-0.25, -0.2) is 0 Å². The van der Waals surface area contributed by atoms with Gasteiger partial charge in [-0.15, -0.1) is 10.2 Å². The third-order valence-electron chi connectivity index (χ3n) is 6.05. The molecule has 3 rings (SSSR count). The first-order valence-electron chi connectivity index (χ1n) is 8.08. The molecule has 2 aliphatic rings. The van der Waals surface area contributed by atoms with Gasteiger partial charge in [0, 0.05) is 24.9 Å². The third kappa shape index (κ3) is 2.09. The average molecular weight is 276 g/mol. The fourth-order valence-electron chi connectivity index (χ4n) is 4.08. The summed E-state index contributed by atoms with van der Waals surface area (Å²) in [6, 6.07) is 0.324. The van der Waals surface area contributed by atoms with Crippen LogP contribution in [0.15, 0.2) is 0 Å². The number of rotatable bonds is 1. The molecule has 4 unspecified atom stereocenters. The Balaban J connectivity index is 1.94. The van der Waals surface area contributed by atoms with Gasteiger partial charge in [0.2, 0.25) is 0 Å². The van der Waals surface area contributed by atoms with E-state index in [-0.39, 0.29) is 5.41 Å². The molecule has 0 bridgehead atoms. The maximum Gasteiger partial charge on any atom is 0.136 e. The lowest BCUT2D eigenvalue weighted by molar-refractivity contribution is 0.0919. The van der Waals surface area contributed by atoms with Gasteiger partial charge in [0.05, 0.1) is 0 Å². The number of nitrogens with zero attached hydrogens (tertiary/aromatic N) is 3. The van der Waals surface area contributed by atoms with E-state index in [0.29, 0.717) is 17.9 Å². The van der Waals surface area contributed by atoms with Crippen molar-refractivity contribution in [3.05, 3.63) is 11.6 Å². The zero-order valence-corrected chi connectivity index (χ0v) is 13.3. The van der Waals surface area contributed by atoms with Gasteiger partial charge in [-0.2, -0.15) is 0 Å². The monoisotopic (exact) mass is 276 g/mol. The van der Waals surface area contributed by atoms with E-state index >= 15 is 0 Å². The van der Waals surface area contributed by atoms with Crippen LogP contribution in [0.5, 0.6) is 0 Å². The Morgan fingerprint density at radius 2 is 1.90 bits per heavy atom. The minimum Gasteiger partial charge on any atom is -0.327 e. The Morgan fingerprint density at radius 1 is 1.15 bits per heavy atom. The molecule has 0 spiro atoms. The second-order valence-corrected chi connectivity index (χ2v) is 7.63. The van der Waals surface area contributed by atoms with Gasteiger partial charge in [-0.1, -0.05) is 27.7 Å². The fraction of sp³-hybridized carbons (Fsp3) is 0.875. The highest BCUT2D eigenvalue weighted by Gasteiger charge is 2.44. The van der Waals surface area contributed by atoms with Crippen molar-refractivity contribution in [1.29, 1.82) is 0 Å². The van der Waals surface area contributed by atoms with Crippen molar-refractivity contribution in [3.63, 3.8) is 0 Å². The quantitative estimate of drug-likeness (QED) is 0.858. The molecule has 1 aromatic rings. The minimum atomic E-state index is 0.199. The van der Waals surface area contributed by atoms with E-state index in [1.807, 2.05) is 0 Å². The van der Waals surface area contributed by atoms with E-state index < -0.39 is 0 Å². The van der Waals surface area contributed by atoms with Crippen LogP contribution in [-0.2, 0) is 13.0 Å². The molecule has 0 amide bonds. The summed E-state index contributed by atoms with van der Waals surface area (Å²) in [5, 5.41) is 9.06. The molecule has 1 aliphatic carbocycles. The predicted octanol–water partition coefficient (Wildman–Crippen LogP) is 2.73. The molecular weight excluding hydrogens is 248 g/mol.